The number of carbonyl (C=O) groups is 1. The minimum absolute atomic E-state index is 0. The second-order valence-corrected chi connectivity index (χ2v) is 2.21. The molecule has 0 saturated carbocycles. The van der Waals surface area contributed by atoms with Gasteiger partial charge in [-0.1, -0.05) is 13.4 Å². The van der Waals surface area contributed by atoms with Crippen molar-refractivity contribution in [1.29, 1.82) is 0 Å². The van der Waals surface area contributed by atoms with Crippen molar-refractivity contribution >= 4 is 35.8 Å². The number of rotatable bonds is 1. The first-order chi connectivity index (χ1) is 8.24. The van der Waals surface area contributed by atoms with Crippen molar-refractivity contribution < 1.29 is 99.5 Å². The Kier molecular flexibility index (Phi) is 129. The first-order valence-electron chi connectivity index (χ1n) is 4.12. The van der Waals surface area contributed by atoms with E-state index in [0.717, 1.165) is 0 Å². The number of aliphatic hydroxyl groups excluding tert-OH is 1. The van der Waals surface area contributed by atoms with E-state index >= 15 is 0 Å². The van der Waals surface area contributed by atoms with Crippen molar-refractivity contribution in [3.05, 3.63) is 0 Å². The third-order valence-electron chi connectivity index (χ3n) is 0.498. The molecule has 20 heavy (non-hydrogen) atoms. The average molecular weight is 760 g/mol. The van der Waals surface area contributed by atoms with E-state index in [4.69, 9.17) is 32.5 Å². The molecule has 0 aliphatic heterocycles. The zero-order chi connectivity index (χ0) is 16.0. The van der Waals surface area contributed by atoms with E-state index in [-0.39, 0.29) is 68.0 Å². The van der Waals surface area contributed by atoms with Gasteiger partial charge in [0.1, 0.15) is 5.78 Å². The standard InChI is InChI=1S/C4H8O.2C2H3O.CHO2.HO3S.2U/c1-3-4(2)5;2*1-2-3;2-1-3;1-4(2)3;;/h3H2,1-2H3;2*1H3;(H,2,3);(H,1,2,3);;/q;4*-1;2*+2. The average Bonchev–Trinajstić information content (AvgIpc) is 2.20. The van der Waals surface area contributed by atoms with E-state index in [0.29, 0.717) is 12.9 Å². The zero-order valence-corrected chi connectivity index (χ0v) is 20.6. The SMILES string of the molecule is CCC(C)=O.C[C-]=O.C[C-]=O.O=[C-]O.O=[S-](=O)O.[U+2].[U+2]. The van der Waals surface area contributed by atoms with Crippen LogP contribution in [-0.2, 0) is 38.6 Å². The normalized spacial score (nSPS) is 5.50. The second kappa shape index (κ2) is 60.5. The van der Waals surface area contributed by atoms with E-state index in [1.165, 1.54) is 26.4 Å². The molecule has 0 unspecified atom stereocenters. The Hall–Kier alpha value is 0.494. The summed E-state index contributed by atoms with van der Waals surface area (Å²) in [6.45, 7) is 6.57. The maximum Gasteiger partial charge on any atom is 2.00 e. The third-order valence-corrected chi connectivity index (χ3v) is 0.498. The smallest absolute Gasteiger partial charge is 0.665 e. The van der Waals surface area contributed by atoms with Gasteiger partial charge >= 0.3 is 62.2 Å². The Morgan fingerprint density at radius 3 is 1.10 bits per heavy atom. The molecule has 0 atom stereocenters. The molecule has 114 valence electrons. The van der Waals surface area contributed by atoms with Crippen LogP contribution in [0.3, 0.4) is 0 Å². The summed E-state index contributed by atoms with van der Waals surface area (Å²) < 4.78 is 24.1. The van der Waals surface area contributed by atoms with Gasteiger partial charge in [0.2, 0.25) is 0 Å². The Morgan fingerprint density at radius 2 is 1.10 bits per heavy atom. The Bertz CT molecular complexity index is 234. The molecule has 0 aromatic carbocycles. The summed E-state index contributed by atoms with van der Waals surface area (Å²) in [5.41, 5.74) is 0. The number of ketones is 1. The molecule has 8 nitrogen and oxygen atoms in total. The van der Waals surface area contributed by atoms with Gasteiger partial charge in [-0.3, -0.25) is 12.6 Å². The van der Waals surface area contributed by atoms with Gasteiger partial charge < -0.3 is 37.3 Å². The summed E-state index contributed by atoms with van der Waals surface area (Å²) in [6, 6.07) is 0. The molecule has 2 N–H and O–H groups in total. The Morgan fingerprint density at radius 1 is 1.05 bits per heavy atom. The molecule has 0 bridgehead atoms. The molecule has 0 heterocycles. The van der Waals surface area contributed by atoms with Crippen LogP contribution >= 0.6 is 0 Å². The van der Waals surface area contributed by atoms with Crippen LogP contribution in [0.15, 0.2) is 0 Å². The number of Topliss-reactive ketones (excluding diaryl/α,β-unsaturated/α-hetero) is 1. The largest absolute Gasteiger partial charge is 2.00 e. The van der Waals surface area contributed by atoms with E-state index < -0.39 is 11.0 Å². The summed E-state index contributed by atoms with van der Waals surface area (Å²) in [5, 5.41) is 6.76. The molecule has 0 radical (unpaired) electrons. The molecule has 11 heteroatoms. The predicted molar refractivity (Wildman–Crippen MR) is 63.4 cm³/mol. The van der Waals surface area contributed by atoms with Crippen molar-refractivity contribution in [2.75, 3.05) is 0 Å². The van der Waals surface area contributed by atoms with E-state index in [1.807, 2.05) is 6.92 Å². The van der Waals surface area contributed by atoms with Crippen molar-refractivity contribution in [2.45, 2.75) is 34.1 Å². The summed E-state index contributed by atoms with van der Waals surface area (Å²) in [6.07, 6.45) is 3.67. The maximum absolute atomic E-state index is 9.81. The van der Waals surface area contributed by atoms with Crippen molar-refractivity contribution in [3.8, 4) is 0 Å². The zero-order valence-electron chi connectivity index (χ0n) is 11.5. The van der Waals surface area contributed by atoms with Crippen LogP contribution in [0.2, 0.25) is 0 Å². The van der Waals surface area contributed by atoms with Gasteiger partial charge in [0.05, 0.1) is 0 Å². The van der Waals surface area contributed by atoms with Crippen LogP contribution in [0.5, 0.6) is 0 Å². The topological polar surface area (TPSA) is 143 Å². The Balaban J connectivity index is -0.0000000210. The van der Waals surface area contributed by atoms with Gasteiger partial charge in [-0.25, -0.2) is 0 Å². The Labute approximate surface area is 168 Å². The summed E-state index contributed by atoms with van der Waals surface area (Å²) >= 11 is 0. The predicted octanol–water partition coefficient (Wildman–Crippen LogP) is 0.598. The van der Waals surface area contributed by atoms with Crippen molar-refractivity contribution in [3.63, 3.8) is 0 Å². The molecular weight excluding hydrogens is 744 g/mol. The molecule has 0 aromatic rings. The molecule has 0 saturated heterocycles. The molecule has 0 aliphatic rings. The molecule has 0 fully saturated rings. The molecule has 0 aliphatic carbocycles. The quantitative estimate of drug-likeness (QED) is 0.172. The van der Waals surface area contributed by atoms with Crippen LogP contribution in [-0.4, -0.2) is 34.5 Å². The van der Waals surface area contributed by atoms with Crippen LogP contribution in [0.25, 0.3) is 0 Å². The summed E-state index contributed by atoms with van der Waals surface area (Å²) in [5.74, 6) is 0.255. The van der Waals surface area contributed by atoms with E-state index in [2.05, 4.69) is 0 Å². The summed E-state index contributed by atoms with van der Waals surface area (Å²) in [4.78, 5) is 35.4. The molecule has 0 amide bonds. The van der Waals surface area contributed by atoms with Crippen LogP contribution in [0.1, 0.15) is 34.1 Å². The fourth-order valence-corrected chi connectivity index (χ4v) is 0. The maximum atomic E-state index is 9.81. The molecule has 0 spiro atoms. The number of hydrogen-bond acceptors (Lipinski definition) is 7. The van der Waals surface area contributed by atoms with Gasteiger partial charge in [0, 0.05) is 17.4 Å². The first-order valence-corrected chi connectivity index (χ1v) is 5.15. The number of hydrogen-bond donors (Lipinski definition) is 2. The van der Waals surface area contributed by atoms with Crippen LogP contribution in [0, 0.1) is 62.2 Å². The third kappa shape index (κ3) is 910. The number of carbonyl (C=O) groups excluding carboxylic acids is 3. The van der Waals surface area contributed by atoms with Gasteiger partial charge in [0.15, 0.2) is 0 Å². The van der Waals surface area contributed by atoms with Gasteiger partial charge in [-0.05, 0) is 6.92 Å². The minimum Gasteiger partial charge on any atom is -0.665 e. The molecule has 0 aromatic heterocycles. The fourth-order valence-electron chi connectivity index (χ4n) is 0. The van der Waals surface area contributed by atoms with E-state index in [9.17, 15) is 4.79 Å². The van der Waals surface area contributed by atoms with Crippen LogP contribution < -0.4 is 0 Å². The van der Waals surface area contributed by atoms with Gasteiger partial charge in [-0.2, -0.15) is 13.8 Å². The monoisotopic (exact) mass is 760 g/mol. The second-order valence-electron chi connectivity index (χ2n) is 1.77. The van der Waals surface area contributed by atoms with Crippen LogP contribution in [0.4, 0.5) is 0 Å². The van der Waals surface area contributed by atoms with E-state index in [1.54, 1.807) is 6.92 Å². The minimum atomic E-state index is -2.86. The van der Waals surface area contributed by atoms with Gasteiger partial charge in [-0.15, -0.1) is 0 Å². The first kappa shape index (κ1) is 42.8. The van der Waals surface area contributed by atoms with Gasteiger partial charge in [0.25, 0.3) is 0 Å². The fraction of sp³-hybridized carbons (Fsp3) is 0.556. The molecule has 0 rings (SSSR count). The molecular formula is C9H16O8SU2. The summed E-state index contributed by atoms with van der Waals surface area (Å²) in [7, 11) is -2.86. The van der Waals surface area contributed by atoms with Crippen molar-refractivity contribution in [1.82, 2.24) is 0 Å². The van der Waals surface area contributed by atoms with Crippen molar-refractivity contribution in [2.24, 2.45) is 0 Å².